The first-order valence-electron chi connectivity index (χ1n) is 6.93. The molecule has 0 aliphatic heterocycles. The van der Waals surface area contributed by atoms with Crippen molar-refractivity contribution in [1.29, 1.82) is 0 Å². The molecule has 1 atom stereocenters. The zero-order chi connectivity index (χ0) is 14.5. The second-order valence-electron chi connectivity index (χ2n) is 5.26. The van der Waals surface area contributed by atoms with E-state index in [4.69, 9.17) is 0 Å². The molecule has 0 N–H and O–H groups in total. The van der Waals surface area contributed by atoms with Crippen LogP contribution in [0.2, 0.25) is 0 Å². The molecule has 1 aliphatic rings. The summed E-state index contributed by atoms with van der Waals surface area (Å²) < 4.78 is 0. The molecule has 0 amide bonds. The SMILES string of the molecule is CC(=O)C1C(=O)CCC/C1=N\N(C)Cc1ccccc1. The standard InChI is InChI=1S/C16H20N2O2/c1-12(19)16-14(9-6-10-15(16)20)17-18(2)11-13-7-4-3-5-8-13/h3-5,7-8,16H,6,9-11H2,1-2H3/b17-14+. The number of hydrazone groups is 1. The zero-order valence-electron chi connectivity index (χ0n) is 12.0. The third-order valence-corrected chi connectivity index (χ3v) is 3.47. The smallest absolute Gasteiger partial charge is 0.149 e. The largest absolute Gasteiger partial charge is 0.299 e. The van der Waals surface area contributed by atoms with Gasteiger partial charge in [0, 0.05) is 13.5 Å². The average Bonchev–Trinajstić information content (AvgIpc) is 2.39. The second kappa shape index (κ2) is 6.46. The molecule has 1 unspecified atom stereocenters. The molecular weight excluding hydrogens is 252 g/mol. The van der Waals surface area contributed by atoms with Crippen molar-refractivity contribution in [3.05, 3.63) is 35.9 Å². The minimum Gasteiger partial charge on any atom is -0.299 e. The van der Waals surface area contributed by atoms with Crippen molar-refractivity contribution in [1.82, 2.24) is 5.01 Å². The van der Waals surface area contributed by atoms with Gasteiger partial charge in [0.2, 0.25) is 0 Å². The topological polar surface area (TPSA) is 49.7 Å². The van der Waals surface area contributed by atoms with Gasteiger partial charge in [-0.1, -0.05) is 30.3 Å². The van der Waals surface area contributed by atoms with Gasteiger partial charge in [0.25, 0.3) is 0 Å². The maximum absolute atomic E-state index is 11.9. The Bertz CT molecular complexity index is 523. The lowest BCUT2D eigenvalue weighted by molar-refractivity contribution is -0.129. The van der Waals surface area contributed by atoms with Gasteiger partial charge in [0.15, 0.2) is 0 Å². The third-order valence-electron chi connectivity index (χ3n) is 3.47. The van der Waals surface area contributed by atoms with Gasteiger partial charge < -0.3 is 0 Å². The van der Waals surface area contributed by atoms with Crippen molar-refractivity contribution in [2.45, 2.75) is 32.7 Å². The molecule has 0 aromatic heterocycles. The summed E-state index contributed by atoms with van der Waals surface area (Å²) in [6, 6.07) is 10.0. The number of ketones is 2. The van der Waals surface area contributed by atoms with Gasteiger partial charge in [-0.3, -0.25) is 14.6 Å². The van der Waals surface area contributed by atoms with E-state index < -0.39 is 5.92 Å². The lowest BCUT2D eigenvalue weighted by Crippen LogP contribution is -2.35. The van der Waals surface area contributed by atoms with Gasteiger partial charge in [0.05, 0.1) is 12.3 Å². The first-order chi connectivity index (χ1) is 9.58. The summed E-state index contributed by atoms with van der Waals surface area (Å²) in [5.41, 5.74) is 1.87. The summed E-state index contributed by atoms with van der Waals surface area (Å²) in [6.45, 7) is 2.14. The van der Waals surface area contributed by atoms with Crippen LogP contribution in [0.1, 0.15) is 31.7 Å². The van der Waals surface area contributed by atoms with Crippen LogP contribution in [-0.4, -0.2) is 29.3 Å². The fourth-order valence-corrected chi connectivity index (χ4v) is 2.59. The molecule has 2 rings (SSSR count). The molecule has 0 spiro atoms. The van der Waals surface area contributed by atoms with E-state index in [2.05, 4.69) is 5.10 Å². The van der Waals surface area contributed by atoms with Crippen LogP contribution < -0.4 is 0 Å². The molecule has 1 aromatic rings. The van der Waals surface area contributed by atoms with Crippen LogP contribution in [0.4, 0.5) is 0 Å². The second-order valence-corrected chi connectivity index (χ2v) is 5.26. The van der Waals surface area contributed by atoms with Crippen LogP contribution in [0.15, 0.2) is 35.4 Å². The molecule has 0 heterocycles. The van der Waals surface area contributed by atoms with Gasteiger partial charge in [-0.15, -0.1) is 0 Å². The Hall–Kier alpha value is -1.97. The molecule has 0 saturated heterocycles. The number of Topliss-reactive ketones (excluding diaryl/α,β-unsaturated/α-hetero) is 2. The fourth-order valence-electron chi connectivity index (χ4n) is 2.59. The average molecular weight is 272 g/mol. The number of nitrogens with zero attached hydrogens (tertiary/aromatic N) is 2. The van der Waals surface area contributed by atoms with Crippen LogP contribution in [0.5, 0.6) is 0 Å². The first kappa shape index (κ1) is 14.4. The molecule has 1 fully saturated rings. The molecule has 4 heteroatoms. The minimum atomic E-state index is -0.623. The van der Waals surface area contributed by atoms with Crippen LogP contribution in [0.3, 0.4) is 0 Å². The fraction of sp³-hybridized carbons (Fsp3) is 0.438. The minimum absolute atomic E-state index is 0.00983. The van der Waals surface area contributed by atoms with Crippen LogP contribution in [-0.2, 0) is 16.1 Å². The number of rotatable bonds is 4. The summed E-state index contributed by atoms with van der Waals surface area (Å²) >= 11 is 0. The number of hydrogen-bond donors (Lipinski definition) is 0. The lowest BCUT2D eigenvalue weighted by Gasteiger charge is -2.23. The quantitative estimate of drug-likeness (QED) is 0.625. The Morgan fingerprint density at radius 3 is 2.65 bits per heavy atom. The highest BCUT2D eigenvalue weighted by atomic mass is 16.1. The van der Waals surface area contributed by atoms with Crippen LogP contribution in [0.25, 0.3) is 0 Å². The Balaban J connectivity index is 2.11. The predicted molar refractivity (Wildman–Crippen MR) is 78.4 cm³/mol. The van der Waals surface area contributed by atoms with Crippen molar-refractivity contribution in [3.63, 3.8) is 0 Å². The van der Waals surface area contributed by atoms with E-state index in [1.165, 1.54) is 6.92 Å². The van der Waals surface area contributed by atoms with Crippen LogP contribution >= 0.6 is 0 Å². The molecule has 1 aliphatic carbocycles. The van der Waals surface area contributed by atoms with Crippen molar-refractivity contribution in [2.24, 2.45) is 11.0 Å². The predicted octanol–water partition coefficient (Wildman–Crippen LogP) is 2.43. The number of carbonyl (C=O) groups is 2. The maximum atomic E-state index is 11.9. The molecule has 0 bridgehead atoms. The van der Waals surface area contributed by atoms with Crippen molar-refractivity contribution >= 4 is 17.3 Å². The van der Waals surface area contributed by atoms with E-state index in [9.17, 15) is 9.59 Å². The van der Waals surface area contributed by atoms with Crippen molar-refractivity contribution < 1.29 is 9.59 Å². The number of carbonyl (C=O) groups excluding carboxylic acids is 2. The monoisotopic (exact) mass is 272 g/mol. The molecular formula is C16H20N2O2. The van der Waals surface area contributed by atoms with E-state index in [1.54, 1.807) is 5.01 Å². The highest BCUT2D eigenvalue weighted by Gasteiger charge is 2.32. The van der Waals surface area contributed by atoms with Crippen molar-refractivity contribution in [2.75, 3.05) is 7.05 Å². The maximum Gasteiger partial charge on any atom is 0.149 e. The van der Waals surface area contributed by atoms with Crippen molar-refractivity contribution in [3.8, 4) is 0 Å². The van der Waals surface area contributed by atoms with E-state index >= 15 is 0 Å². The Labute approximate surface area is 119 Å². The molecule has 106 valence electrons. The van der Waals surface area contributed by atoms with E-state index in [0.717, 1.165) is 18.4 Å². The summed E-state index contributed by atoms with van der Waals surface area (Å²) in [5.74, 6) is -0.709. The first-order valence-corrected chi connectivity index (χ1v) is 6.93. The zero-order valence-corrected chi connectivity index (χ0v) is 12.0. The molecule has 1 aromatic carbocycles. The van der Waals surface area contributed by atoms with Gasteiger partial charge in [-0.25, -0.2) is 0 Å². The number of hydrogen-bond acceptors (Lipinski definition) is 4. The normalized spacial score (nSPS) is 21.0. The molecule has 1 saturated carbocycles. The van der Waals surface area contributed by atoms with E-state index in [-0.39, 0.29) is 11.6 Å². The summed E-state index contributed by atoms with van der Waals surface area (Å²) in [5, 5.41) is 6.30. The summed E-state index contributed by atoms with van der Waals surface area (Å²) in [6.07, 6.45) is 2.02. The highest BCUT2D eigenvalue weighted by molar-refractivity contribution is 6.21. The highest BCUT2D eigenvalue weighted by Crippen LogP contribution is 2.20. The summed E-state index contributed by atoms with van der Waals surface area (Å²) in [7, 11) is 1.87. The van der Waals surface area contributed by atoms with Gasteiger partial charge >= 0.3 is 0 Å². The Kier molecular flexibility index (Phi) is 4.66. The Morgan fingerprint density at radius 2 is 2.00 bits per heavy atom. The molecule has 4 nitrogen and oxygen atoms in total. The molecule has 20 heavy (non-hydrogen) atoms. The third kappa shape index (κ3) is 3.53. The van der Waals surface area contributed by atoms with E-state index in [1.807, 2.05) is 37.4 Å². The molecule has 0 radical (unpaired) electrons. The van der Waals surface area contributed by atoms with Gasteiger partial charge in [-0.2, -0.15) is 5.10 Å². The van der Waals surface area contributed by atoms with Gasteiger partial charge in [-0.05, 0) is 25.3 Å². The van der Waals surface area contributed by atoms with Gasteiger partial charge in [0.1, 0.15) is 17.5 Å². The van der Waals surface area contributed by atoms with E-state index in [0.29, 0.717) is 18.7 Å². The number of benzene rings is 1. The Morgan fingerprint density at radius 1 is 1.30 bits per heavy atom. The lowest BCUT2D eigenvalue weighted by atomic mass is 9.83. The summed E-state index contributed by atoms with van der Waals surface area (Å²) in [4.78, 5) is 23.5. The van der Waals surface area contributed by atoms with Crippen LogP contribution in [0, 0.1) is 5.92 Å².